The number of fused-ring (bicyclic) bond motifs is 1. The van der Waals surface area contributed by atoms with Gasteiger partial charge < -0.3 is 8.96 Å². The Hall–Kier alpha value is -5.45. The molecule has 3 nitrogen and oxygen atoms in total. The minimum atomic E-state index is -7.91. The molecule has 3 aliphatic rings. The van der Waals surface area contributed by atoms with Crippen LogP contribution in [0.1, 0.15) is 28.1 Å². The van der Waals surface area contributed by atoms with Crippen LogP contribution in [0.5, 0.6) is 0 Å². The van der Waals surface area contributed by atoms with Gasteiger partial charge in [-0.25, -0.2) is 4.99 Å². The van der Waals surface area contributed by atoms with Crippen LogP contribution >= 0.6 is 11.6 Å². The standard InChI is InChI=1S/C39H20BClF13N3/c41-39(52,53)38(50,51)37(48,49)36(46,47)35(44,45)34(42,43)24-20-25-30(21-10-4-1-5-11-21)26-16-17-27-31(22-12-6-2-7-13-22)28-18-19-29(57(28)40(54)56(26)27)32(33(24)55-25)23-14-8-3-9-15-23/h1-20H. The number of allylic oxidation sites excluding steroid dienone is 2. The van der Waals surface area contributed by atoms with E-state index in [-0.39, 0.29) is 44.9 Å². The zero-order chi connectivity index (χ0) is 41.1. The van der Waals surface area contributed by atoms with Gasteiger partial charge in [0, 0.05) is 38.8 Å². The van der Waals surface area contributed by atoms with Gasteiger partial charge in [0.2, 0.25) is 0 Å². The van der Waals surface area contributed by atoms with E-state index in [1.54, 1.807) is 36.4 Å². The highest BCUT2D eigenvalue weighted by Crippen LogP contribution is 2.63. The minimum absolute atomic E-state index is 0.0860. The molecular weight excluding hydrogens is 804 g/mol. The molecule has 4 bridgehead atoms. The van der Waals surface area contributed by atoms with Crippen molar-refractivity contribution in [3.05, 3.63) is 171 Å². The van der Waals surface area contributed by atoms with E-state index in [1.165, 1.54) is 83.3 Å². The smallest absolute Gasteiger partial charge is 0.334 e. The first-order valence-corrected chi connectivity index (χ1v) is 17.0. The fourth-order valence-electron chi connectivity index (χ4n) is 7.28. The monoisotopic (exact) mass is 823 g/mol. The lowest BCUT2D eigenvalue weighted by Gasteiger charge is -2.40. The number of hydrogen-bond donors (Lipinski definition) is 0. The van der Waals surface area contributed by atoms with Crippen molar-refractivity contribution in [1.29, 1.82) is 0 Å². The summed E-state index contributed by atoms with van der Waals surface area (Å²) >= 11 is 3.95. The normalized spacial score (nSPS) is 16.3. The van der Waals surface area contributed by atoms with Gasteiger partial charge in [-0.15, -0.1) is 0 Å². The average molecular weight is 824 g/mol. The second kappa shape index (κ2) is 12.5. The molecule has 18 heteroatoms. The van der Waals surface area contributed by atoms with Crippen molar-refractivity contribution in [2.24, 2.45) is 4.99 Å². The summed E-state index contributed by atoms with van der Waals surface area (Å²) in [4.78, 5) is 4.24. The third-order valence-corrected chi connectivity index (χ3v) is 10.2. The van der Waals surface area contributed by atoms with E-state index in [4.69, 9.17) is 0 Å². The Balaban J connectivity index is 1.50. The van der Waals surface area contributed by atoms with Crippen molar-refractivity contribution in [3.63, 3.8) is 0 Å². The summed E-state index contributed by atoms with van der Waals surface area (Å²) in [5.74, 6) is -37.4. The topological polar surface area (TPSA) is 22.2 Å². The lowest BCUT2D eigenvalue weighted by Crippen LogP contribution is -2.70. The Morgan fingerprint density at radius 1 is 0.474 bits per heavy atom. The Morgan fingerprint density at radius 3 is 1.39 bits per heavy atom. The summed E-state index contributed by atoms with van der Waals surface area (Å²) < 4.78 is 199. The van der Waals surface area contributed by atoms with Gasteiger partial charge >= 0.3 is 42.3 Å². The van der Waals surface area contributed by atoms with Crippen LogP contribution in [0, 0.1) is 0 Å². The van der Waals surface area contributed by atoms with Gasteiger partial charge in [-0.2, -0.15) is 52.7 Å². The molecule has 0 amide bonds. The maximum atomic E-state index is 17.5. The van der Waals surface area contributed by atoms with E-state index in [9.17, 15) is 26.3 Å². The molecule has 8 rings (SSSR count). The van der Waals surface area contributed by atoms with E-state index in [2.05, 4.69) is 16.6 Å². The largest absolute Gasteiger partial charge is 0.597 e. The highest BCUT2D eigenvalue weighted by atomic mass is 35.5. The molecule has 0 saturated heterocycles. The summed E-state index contributed by atoms with van der Waals surface area (Å²) in [7, 11) is -2.21. The predicted octanol–water partition coefficient (Wildman–Crippen LogP) is 9.56. The summed E-state index contributed by atoms with van der Waals surface area (Å²) in [6.45, 7) is 0. The van der Waals surface area contributed by atoms with Crippen LogP contribution in [0.25, 0.3) is 16.7 Å². The second-order valence-corrected chi connectivity index (χ2v) is 13.7. The number of rotatable bonds is 9. The molecule has 292 valence electrons. The van der Waals surface area contributed by atoms with Crippen molar-refractivity contribution in [2.75, 3.05) is 0 Å². The van der Waals surface area contributed by atoms with Crippen LogP contribution < -0.4 is 10.7 Å². The van der Waals surface area contributed by atoms with E-state index in [0.29, 0.717) is 11.1 Å². The van der Waals surface area contributed by atoms with Gasteiger partial charge in [-0.05, 0) is 58.6 Å². The number of hydrogen-bond acceptors (Lipinski definition) is 1. The molecule has 0 N–H and O–H groups in total. The van der Waals surface area contributed by atoms with Gasteiger partial charge in [-0.1, -0.05) is 91.0 Å². The molecule has 0 saturated carbocycles. The highest BCUT2D eigenvalue weighted by Gasteiger charge is 2.90. The van der Waals surface area contributed by atoms with Crippen molar-refractivity contribution < 1.29 is 57.0 Å². The molecule has 0 aliphatic carbocycles. The van der Waals surface area contributed by atoms with Crippen molar-refractivity contribution in [3.8, 4) is 0 Å². The molecule has 5 aromatic rings. The number of alkyl halides is 13. The zero-order valence-corrected chi connectivity index (χ0v) is 29.0. The summed E-state index contributed by atoms with van der Waals surface area (Å²) in [5.41, 5.74) is -4.19. The predicted molar refractivity (Wildman–Crippen MR) is 186 cm³/mol. The number of nitrogens with zero attached hydrogens (tertiary/aromatic N) is 3. The molecule has 0 atom stereocenters. The molecule has 0 spiro atoms. The van der Waals surface area contributed by atoms with E-state index >= 15 is 30.7 Å². The molecule has 0 radical (unpaired) electrons. The third-order valence-electron chi connectivity index (χ3n) is 10.0. The number of aliphatic imine (C=N–C) groups is 1. The van der Waals surface area contributed by atoms with E-state index in [1.807, 2.05) is 0 Å². The Kier molecular flexibility index (Phi) is 8.45. The fraction of sp³-hybridized carbons (Fsp3) is 0.154. The third kappa shape index (κ3) is 5.19. The maximum Gasteiger partial charge on any atom is 0.597 e. The summed E-state index contributed by atoms with van der Waals surface area (Å²) in [6, 6.07) is 28.1. The van der Waals surface area contributed by atoms with Gasteiger partial charge in [0.25, 0.3) is 0 Å². The first-order chi connectivity index (χ1) is 26.7. The lowest BCUT2D eigenvalue weighted by molar-refractivity contribution is -0.412. The highest BCUT2D eigenvalue weighted by molar-refractivity contribution is 6.49. The maximum absolute atomic E-state index is 17.5. The first-order valence-electron chi connectivity index (χ1n) is 16.7. The quantitative estimate of drug-likeness (QED) is 0.0804. The van der Waals surface area contributed by atoms with Crippen LogP contribution in [-0.2, 0) is 0 Å². The zero-order valence-electron chi connectivity index (χ0n) is 28.3. The number of halogens is 14. The molecular formula is C39H20BClF13N3. The SMILES string of the molecule is FB1n2c3ccc2C(c2ccccc2)=c2ccc(n21)=C(c1ccccc1)C1=NC(=C3c2ccccc2)C(C(F)(F)C(F)(F)C(F)(F)C(F)(F)C(F)(F)C(F)(F)Cl)=C1. The van der Waals surface area contributed by atoms with Gasteiger partial charge in [0.05, 0.1) is 17.0 Å². The van der Waals surface area contributed by atoms with Gasteiger partial charge in [0.1, 0.15) is 0 Å². The van der Waals surface area contributed by atoms with Crippen LogP contribution in [0.4, 0.5) is 57.0 Å². The van der Waals surface area contributed by atoms with Crippen LogP contribution in [0.2, 0.25) is 0 Å². The van der Waals surface area contributed by atoms with Gasteiger partial charge in [-0.3, -0.25) is 4.32 Å². The average Bonchev–Trinajstić information content (AvgIpc) is 3.92. The summed E-state index contributed by atoms with van der Waals surface area (Å²) in [6.07, 6.45) is 0.181. The fourth-order valence-corrected chi connectivity index (χ4v) is 7.39. The van der Waals surface area contributed by atoms with Crippen molar-refractivity contribution in [2.45, 2.75) is 35.0 Å². The molecule has 3 aromatic carbocycles. The molecule has 57 heavy (non-hydrogen) atoms. The molecule has 0 fully saturated rings. The molecule has 0 unspecified atom stereocenters. The van der Waals surface area contributed by atoms with Crippen LogP contribution in [0.3, 0.4) is 0 Å². The van der Waals surface area contributed by atoms with Crippen molar-refractivity contribution >= 4 is 41.3 Å². The Morgan fingerprint density at radius 2 is 0.895 bits per heavy atom. The summed E-state index contributed by atoms with van der Waals surface area (Å²) in [5, 5.41) is -6.42. The number of aromatic nitrogens is 2. The number of benzene rings is 3. The van der Waals surface area contributed by atoms with Crippen LogP contribution in [-0.4, -0.2) is 56.9 Å². The van der Waals surface area contributed by atoms with Gasteiger partial charge in [0.15, 0.2) is 0 Å². The van der Waals surface area contributed by atoms with Crippen LogP contribution in [0.15, 0.2) is 138 Å². The van der Waals surface area contributed by atoms with E-state index in [0.717, 1.165) is 4.48 Å². The Labute approximate surface area is 318 Å². The lowest BCUT2D eigenvalue weighted by atomic mass is 9.86. The minimum Gasteiger partial charge on any atom is -0.334 e. The molecule has 2 aromatic heterocycles. The molecule has 3 aliphatic heterocycles. The first kappa shape index (κ1) is 38.4. The Bertz CT molecular complexity index is 2660. The van der Waals surface area contributed by atoms with Crippen molar-refractivity contribution in [1.82, 2.24) is 8.96 Å². The van der Waals surface area contributed by atoms with E-state index < -0.39 is 64.8 Å². The molecule has 5 heterocycles. The second-order valence-electron chi connectivity index (χ2n) is 13.3.